The Balaban J connectivity index is 1.55. The molecule has 2 heterocycles. The summed E-state index contributed by atoms with van der Waals surface area (Å²) in [6.07, 6.45) is 2.18. The van der Waals surface area contributed by atoms with Crippen LogP contribution in [0, 0.1) is 0 Å². The summed E-state index contributed by atoms with van der Waals surface area (Å²) in [6.45, 7) is 0.500. The fourth-order valence-corrected chi connectivity index (χ4v) is 3.15. The van der Waals surface area contributed by atoms with E-state index in [-0.39, 0.29) is 17.5 Å². The van der Waals surface area contributed by atoms with Gasteiger partial charge in [-0.2, -0.15) is 5.10 Å². The summed E-state index contributed by atoms with van der Waals surface area (Å²) in [5.41, 5.74) is 2.13. The van der Waals surface area contributed by atoms with E-state index in [9.17, 15) is 9.59 Å². The zero-order chi connectivity index (χ0) is 18.8. The highest BCUT2D eigenvalue weighted by atomic mass is 16.5. The molecular formula is C20H17N3O4. The molecule has 2 N–H and O–H groups in total. The van der Waals surface area contributed by atoms with Crippen molar-refractivity contribution in [1.82, 2.24) is 9.78 Å². The van der Waals surface area contributed by atoms with Gasteiger partial charge in [0.05, 0.1) is 18.2 Å². The minimum atomic E-state index is -1.09. The standard InChI is InChI=1S/C20H17N3O4/c24-19(16-9-11-27-18-7-2-1-6-15(16)18)21-13-4-3-5-14(12-13)23-10-8-17(22-23)20(25)26/h1-8,10,12,16H,9,11H2,(H,21,24)(H,25,26). The van der Waals surface area contributed by atoms with Crippen molar-refractivity contribution in [2.45, 2.75) is 12.3 Å². The van der Waals surface area contributed by atoms with Crippen LogP contribution >= 0.6 is 0 Å². The van der Waals surface area contributed by atoms with E-state index in [1.54, 1.807) is 30.5 Å². The summed E-state index contributed by atoms with van der Waals surface area (Å²) in [5.74, 6) is -0.719. The number of carbonyl (C=O) groups is 2. The molecule has 1 amide bonds. The van der Waals surface area contributed by atoms with Gasteiger partial charge in [-0.1, -0.05) is 24.3 Å². The summed E-state index contributed by atoms with van der Waals surface area (Å²) in [7, 11) is 0. The second kappa shape index (κ2) is 6.95. The van der Waals surface area contributed by atoms with Gasteiger partial charge in [-0.3, -0.25) is 4.79 Å². The van der Waals surface area contributed by atoms with Crippen LogP contribution < -0.4 is 10.1 Å². The summed E-state index contributed by atoms with van der Waals surface area (Å²) in [5, 5.41) is 15.9. The van der Waals surface area contributed by atoms with Crippen LogP contribution in [0.3, 0.4) is 0 Å². The van der Waals surface area contributed by atoms with Crippen molar-refractivity contribution in [3.05, 3.63) is 72.1 Å². The molecule has 1 aliphatic rings. The van der Waals surface area contributed by atoms with Crippen molar-refractivity contribution >= 4 is 17.6 Å². The first kappa shape index (κ1) is 16.8. The van der Waals surface area contributed by atoms with Gasteiger partial charge in [-0.05, 0) is 36.8 Å². The number of carbonyl (C=O) groups excluding carboxylic acids is 1. The third-order valence-corrected chi connectivity index (χ3v) is 4.46. The third-order valence-electron chi connectivity index (χ3n) is 4.46. The average Bonchev–Trinajstić information content (AvgIpc) is 3.18. The molecule has 27 heavy (non-hydrogen) atoms. The number of carboxylic acid groups (broad SMARTS) is 1. The first-order valence-electron chi connectivity index (χ1n) is 8.54. The third kappa shape index (κ3) is 3.39. The zero-order valence-electron chi connectivity index (χ0n) is 14.3. The maximum atomic E-state index is 12.8. The van der Waals surface area contributed by atoms with Gasteiger partial charge in [0.2, 0.25) is 5.91 Å². The number of carboxylic acids is 1. The molecule has 0 bridgehead atoms. The summed E-state index contributed by atoms with van der Waals surface area (Å²) in [6, 6.07) is 16.1. The smallest absolute Gasteiger partial charge is 0.356 e. The molecule has 2 aromatic carbocycles. The monoisotopic (exact) mass is 363 g/mol. The fourth-order valence-electron chi connectivity index (χ4n) is 3.15. The van der Waals surface area contributed by atoms with E-state index in [1.165, 1.54) is 10.7 Å². The van der Waals surface area contributed by atoms with Gasteiger partial charge >= 0.3 is 5.97 Å². The number of aromatic nitrogens is 2. The number of para-hydroxylation sites is 1. The van der Waals surface area contributed by atoms with Crippen molar-refractivity contribution in [2.24, 2.45) is 0 Å². The number of nitrogens with one attached hydrogen (secondary N) is 1. The topological polar surface area (TPSA) is 93.5 Å². The van der Waals surface area contributed by atoms with E-state index in [0.717, 1.165) is 11.3 Å². The van der Waals surface area contributed by atoms with Crippen LogP contribution in [0.1, 0.15) is 28.4 Å². The number of benzene rings is 2. The number of anilines is 1. The molecule has 136 valence electrons. The lowest BCUT2D eigenvalue weighted by Crippen LogP contribution is -2.26. The number of rotatable bonds is 4. The predicted octanol–water partition coefficient (Wildman–Crippen LogP) is 3.08. The van der Waals surface area contributed by atoms with E-state index >= 15 is 0 Å². The average molecular weight is 363 g/mol. The first-order chi connectivity index (χ1) is 13.1. The number of aromatic carboxylic acids is 1. The molecule has 0 saturated carbocycles. The minimum absolute atomic E-state index is 0.0387. The predicted molar refractivity (Wildman–Crippen MR) is 98.4 cm³/mol. The van der Waals surface area contributed by atoms with E-state index in [1.807, 2.05) is 24.3 Å². The minimum Gasteiger partial charge on any atom is -0.493 e. The summed E-state index contributed by atoms with van der Waals surface area (Å²) >= 11 is 0. The molecule has 7 heteroatoms. The summed E-state index contributed by atoms with van der Waals surface area (Å²) in [4.78, 5) is 23.8. The number of ether oxygens (including phenoxy) is 1. The Hall–Kier alpha value is -3.61. The molecule has 0 saturated heterocycles. The number of hydrogen-bond donors (Lipinski definition) is 2. The maximum Gasteiger partial charge on any atom is 0.356 e. The van der Waals surface area contributed by atoms with Crippen LogP contribution in [0.15, 0.2) is 60.8 Å². The molecule has 0 fully saturated rings. The van der Waals surface area contributed by atoms with Crippen LogP contribution in [-0.4, -0.2) is 33.4 Å². The Morgan fingerprint density at radius 1 is 1.15 bits per heavy atom. The molecule has 4 rings (SSSR count). The van der Waals surface area contributed by atoms with E-state index < -0.39 is 5.97 Å². The van der Waals surface area contributed by atoms with Crippen molar-refractivity contribution < 1.29 is 19.4 Å². The highest BCUT2D eigenvalue weighted by Gasteiger charge is 2.27. The second-order valence-corrected chi connectivity index (χ2v) is 6.22. The van der Waals surface area contributed by atoms with E-state index in [4.69, 9.17) is 9.84 Å². The number of nitrogens with zero attached hydrogens (tertiary/aromatic N) is 2. The molecule has 1 aliphatic heterocycles. The van der Waals surface area contributed by atoms with Gasteiger partial charge in [-0.15, -0.1) is 0 Å². The van der Waals surface area contributed by atoms with Gasteiger partial charge < -0.3 is 15.2 Å². The molecule has 7 nitrogen and oxygen atoms in total. The lowest BCUT2D eigenvalue weighted by atomic mass is 9.92. The van der Waals surface area contributed by atoms with E-state index in [0.29, 0.717) is 24.4 Å². The van der Waals surface area contributed by atoms with Crippen molar-refractivity contribution in [2.75, 3.05) is 11.9 Å². The lowest BCUT2D eigenvalue weighted by Gasteiger charge is -2.25. The number of fused-ring (bicyclic) bond motifs is 1. The largest absolute Gasteiger partial charge is 0.493 e. The number of hydrogen-bond acceptors (Lipinski definition) is 4. The summed E-state index contributed by atoms with van der Waals surface area (Å²) < 4.78 is 7.07. The molecule has 1 aromatic heterocycles. The van der Waals surface area contributed by atoms with Gasteiger partial charge in [0.15, 0.2) is 5.69 Å². The van der Waals surface area contributed by atoms with Crippen molar-refractivity contribution in [3.8, 4) is 11.4 Å². The normalized spacial score (nSPS) is 15.5. The highest BCUT2D eigenvalue weighted by molar-refractivity contribution is 5.96. The molecule has 0 spiro atoms. The van der Waals surface area contributed by atoms with Gasteiger partial charge in [0, 0.05) is 17.4 Å². The molecule has 0 aliphatic carbocycles. The van der Waals surface area contributed by atoms with Crippen LogP contribution in [0.25, 0.3) is 5.69 Å². The van der Waals surface area contributed by atoms with E-state index in [2.05, 4.69) is 10.4 Å². The van der Waals surface area contributed by atoms with Crippen molar-refractivity contribution in [1.29, 1.82) is 0 Å². The highest BCUT2D eigenvalue weighted by Crippen LogP contribution is 2.34. The van der Waals surface area contributed by atoms with Gasteiger partial charge in [-0.25, -0.2) is 9.48 Å². The lowest BCUT2D eigenvalue weighted by molar-refractivity contribution is -0.118. The molecule has 1 atom stereocenters. The Kier molecular flexibility index (Phi) is 4.33. The van der Waals surface area contributed by atoms with Crippen LogP contribution in [0.4, 0.5) is 5.69 Å². The zero-order valence-corrected chi connectivity index (χ0v) is 14.3. The van der Waals surface area contributed by atoms with Crippen molar-refractivity contribution in [3.63, 3.8) is 0 Å². The van der Waals surface area contributed by atoms with Crippen LogP contribution in [0.5, 0.6) is 5.75 Å². The molecule has 0 radical (unpaired) electrons. The SMILES string of the molecule is O=C(O)c1ccn(-c2cccc(NC(=O)C3CCOc4ccccc43)c2)n1. The van der Waals surface area contributed by atoms with Gasteiger partial charge in [0.1, 0.15) is 5.75 Å². The van der Waals surface area contributed by atoms with Crippen LogP contribution in [0.2, 0.25) is 0 Å². The Labute approximate surface area is 155 Å². The van der Waals surface area contributed by atoms with Gasteiger partial charge in [0.25, 0.3) is 0 Å². The quantitative estimate of drug-likeness (QED) is 0.743. The number of amides is 1. The molecular weight excluding hydrogens is 346 g/mol. The fraction of sp³-hybridized carbons (Fsp3) is 0.150. The Morgan fingerprint density at radius 3 is 2.81 bits per heavy atom. The Bertz CT molecular complexity index is 1010. The second-order valence-electron chi connectivity index (χ2n) is 6.22. The Morgan fingerprint density at radius 2 is 2.00 bits per heavy atom. The molecule has 3 aromatic rings. The first-order valence-corrected chi connectivity index (χ1v) is 8.54. The maximum absolute atomic E-state index is 12.8. The van der Waals surface area contributed by atoms with Crippen LogP contribution in [-0.2, 0) is 4.79 Å². The molecule has 1 unspecified atom stereocenters.